The summed E-state index contributed by atoms with van der Waals surface area (Å²) in [7, 11) is 4.02. The quantitative estimate of drug-likeness (QED) is 0.283. The lowest BCUT2D eigenvalue weighted by molar-refractivity contribution is -0.136. The number of carbonyl (C=O) groups is 1. The number of ether oxygens (including phenoxy) is 2. The molecule has 1 saturated heterocycles. The van der Waals surface area contributed by atoms with Gasteiger partial charge in [-0.3, -0.25) is 9.69 Å². The standard InChI is InChI=1S/C33H42N4O4S/c1-23-9-5-6-10-26(23)27-11-7-12-33(24(27)2,41-16-8-13-37-14-17-40-18-15-37)32-35-28-19-25(21-34-22-31(38)39)29(36(3)4)20-30(28)42-32/h5-7,9-12,19-20,24,34H,8,13-18,21-22H2,1-4H3,(H,38,39). The van der Waals surface area contributed by atoms with E-state index in [1.165, 1.54) is 16.7 Å². The molecular weight excluding hydrogens is 548 g/mol. The van der Waals surface area contributed by atoms with E-state index in [2.05, 4.69) is 83.6 Å². The van der Waals surface area contributed by atoms with Crippen molar-refractivity contribution in [1.29, 1.82) is 0 Å². The van der Waals surface area contributed by atoms with Gasteiger partial charge in [0.2, 0.25) is 0 Å². The summed E-state index contributed by atoms with van der Waals surface area (Å²) in [5.74, 6) is -0.834. The largest absolute Gasteiger partial charge is 0.480 e. The molecule has 2 heterocycles. The molecule has 2 atom stereocenters. The van der Waals surface area contributed by atoms with Crippen molar-refractivity contribution >= 4 is 38.8 Å². The van der Waals surface area contributed by atoms with Crippen LogP contribution in [0, 0.1) is 12.8 Å². The maximum absolute atomic E-state index is 11.1. The van der Waals surface area contributed by atoms with Gasteiger partial charge in [-0.1, -0.05) is 43.3 Å². The zero-order chi connectivity index (χ0) is 29.7. The highest BCUT2D eigenvalue weighted by molar-refractivity contribution is 7.18. The summed E-state index contributed by atoms with van der Waals surface area (Å²) < 4.78 is 13.6. The Balaban J connectivity index is 1.49. The molecular formula is C33H42N4O4S. The molecule has 224 valence electrons. The molecule has 0 spiro atoms. The molecule has 2 aliphatic rings. The number of thiazole rings is 1. The van der Waals surface area contributed by atoms with Crippen molar-refractivity contribution in [2.75, 3.05) is 65.0 Å². The van der Waals surface area contributed by atoms with Gasteiger partial charge in [-0.25, -0.2) is 4.98 Å². The minimum Gasteiger partial charge on any atom is -0.480 e. The molecule has 0 radical (unpaired) electrons. The summed E-state index contributed by atoms with van der Waals surface area (Å²) in [5.41, 5.74) is 5.97. The second kappa shape index (κ2) is 13.5. The second-order valence-corrected chi connectivity index (χ2v) is 12.4. The first-order valence-electron chi connectivity index (χ1n) is 14.7. The lowest BCUT2D eigenvalue weighted by Gasteiger charge is -2.39. The first-order chi connectivity index (χ1) is 20.3. The molecule has 5 rings (SSSR count). The Morgan fingerprint density at radius 1 is 1.26 bits per heavy atom. The van der Waals surface area contributed by atoms with E-state index in [4.69, 9.17) is 19.6 Å². The third kappa shape index (κ3) is 6.61. The maximum atomic E-state index is 11.1. The number of rotatable bonds is 12. The van der Waals surface area contributed by atoms with Crippen molar-refractivity contribution in [3.05, 3.63) is 76.3 Å². The van der Waals surface area contributed by atoms with Gasteiger partial charge in [0.15, 0.2) is 0 Å². The number of allylic oxidation sites excluding steroid dienone is 2. The number of hydrogen-bond donors (Lipinski definition) is 2. The molecule has 42 heavy (non-hydrogen) atoms. The molecule has 0 amide bonds. The van der Waals surface area contributed by atoms with Crippen LogP contribution in [0.15, 0.2) is 54.6 Å². The van der Waals surface area contributed by atoms with Crippen LogP contribution < -0.4 is 10.2 Å². The fourth-order valence-electron chi connectivity index (χ4n) is 5.92. The van der Waals surface area contributed by atoms with E-state index in [9.17, 15) is 4.79 Å². The number of hydrogen-bond acceptors (Lipinski definition) is 8. The van der Waals surface area contributed by atoms with Crippen molar-refractivity contribution in [2.45, 2.75) is 32.4 Å². The Morgan fingerprint density at radius 3 is 2.79 bits per heavy atom. The van der Waals surface area contributed by atoms with Crippen LogP contribution in [0.3, 0.4) is 0 Å². The fraction of sp³-hybridized carbons (Fsp3) is 0.455. The summed E-state index contributed by atoms with van der Waals surface area (Å²) in [6.07, 6.45) is 7.46. The third-order valence-corrected chi connectivity index (χ3v) is 9.40. The number of carboxylic acids is 1. The van der Waals surface area contributed by atoms with Gasteiger partial charge >= 0.3 is 5.97 Å². The van der Waals surface area contributed by atoms with E-state index in [0.29, 0.717) is 13.2 Å². The van der Waals surface area contributed by atoms with Crippen LogP contribution in [0.25, 0.3) is 15.8 Å². The highest BCUT2D eigenvalue weighted by atomic mass is 32.1. The number of aryl methyl sites for hydroxylation is 1. The molecule has 2 aromatic carbocycles. The molecule has 1 aliphatic carbocycles. The molecule has 1 aliphatic heterocycles. The number of carboxylic acid groups (broad SMARTS) is 1. The van der Waals surface area contributed by atoms with E-state index < -0.39 is 11.6 Å². The molecule has 0 bridgehead atoms. The van der Waals surface area contributed by atoms with Gasteiger partial charge in [0.1, 0.15) is 10.6 Å². The van der Waals surface area contributed by atoms with Gasteiger partial charge in [0.25, 0.3) is 0 Å². The molecule has 2 N–H and O–H groups in total. The number of fused-ring (bicyclic) bond motifs is 1. The average molecular weight is 591 g/mol. The summed E-state index contributed by atoms with van der Waals surface area (Å²) in [6.45, 7) is 9.90. The first-order valence-corrected chi connectivity index (χ1v) is 15.5. The Kier molecular flexibility index (Phi) is 9.75. The van der Waals surface area contributed by atoms with Crippen LogP contribution in [0.2, 0.25) is 0 Å². The van der Waals surface area contributed by atoms with Crippen molar-refractivity contribution < 1.29 is 19.4 Å². The van der Waals surface area contributed by atoms with Gasteiger partial charge in [-0.05, 0) is 53.8 Å². The Bertz CT molecular complexity index is 1460. The SMILES string of the molecule is Cc1ccccc1C1=CC=CC(OCCCN2CCOCC2)(c2nc3cc(CNCC(=O)O)c(N(C)C)cc3s2)C1C. The molecule has 9 heteroatoms. The fourth-order valence-corrected chi connectivity index (χ4v) is 7.11. The highest BCUT2D eigenvalue weighted by Crippen LogP contribution is 2.48. The normalized spacial score (nSPS) is 21.0. The monoisotopic (exact) mass is 590 g/mol. The van der Waals surface area contributed by atoms with Gasteiger partial charge in [-0.2, -0.15) is 0 Å². The van der Waals surface area contributed by atoms with E-state index in [0.717, 1.165) is 65.7 Å². The number of benzene rings is 2. The van der Waals surface area contributed by atoms with Crippen molar-refractivity contribution in [3.8, 4) is 0 Å². The Labute approximate surface area is 252 Å². The maximum Gasteiger partial charge on any atom is 0.317 e. The van der Waals surface area contributed by atoms with Gasteiger partial charge in [0, 0.05) is 58.5 Å². The lowest BCUT2D eigenvalue weighted by Crippen LogP contribution is -2.39. The van der Waals surface area contributed by atoms with Crippen LogP contribution in [-0.4, -0.2) is 81.1 Å². The van der Waals surface area contributed by atoms with Crippen LogP contribution >= 0.6 is 11.3 Å². The van der Waals surface area contributed by atoms with Crippen molar-refractivity contribution in [2.24, 2.45) is 5.92 Å². The number of nitrogens with one attached hydrogen (secondary N) is 1. The zero-order valence-corrected chi connectivity index (χ0v) is 25.9. The minimum absolute atomic E-state index is 0.0394. The Hall–Kier alpha value is -3.08. The topological polar surface area (TPSA) is 87.2 Å². The smallest absolute Gasteiger partial charge is 0.317 e. The van der Waals surface area contributed by atoms with Crippen molar-refractivity contribution in [1.82, 2.24) is 15.2 Å². The van der Waals surface area contributed by atoms with Gasteiger partial charge in [0.05, 0.1) is 30.0 Å². The molecule has 3 aromatic rings. The van der Waals surface area contributed by atoms with E-state index in [1.54, 1.807) is 11.3 Å². The summed E-state index contributed by atoms with van der Waals surface area (Å²) in [6, 6.07) is 12.8. The molecule has 1 aromatic heterocycles. The number of anilines is 1. The number of morpholine rings is 1. The number of nitrogens with zero attached hydrogens (tertiary/aromatic N) is 3. The Morgan fingerprint density at radius 2 is 2.05 bits per heavy atom. The lowest BCUT2D eigenvalue weighted by atomic mass is 9.76. The average Bonchev–Trinajstić information content (AvgIpc) is 3.40. The minimum atomic E-state index is -0.873. The number of aromatic nitrogens is 1. The van der Waals surface area contributed by atoms with E-state index in [1.807, 2.05) is 14.1 Å². The second-order valence-electron chi connectivity index (χ2n) is 11.3. The predicted molar refractivity (Wildman–Crippen MR) is 170 cm³/mol. The van der Waals surface area contributed by atoms with Crippen molar-refractivity contribution in [3.63, 3.8) is 0 Å². The predicted octanol–water partition coefficient (Wildman–Crippen LogP) is 5.07. The number of aliphatic carboxylic acids is 1. The molecule has 2 unspecified atom stereocenters. The van der Waals surface area contributed by atoms with Crippen LogP contribution in [-0.2, 0) is 26.4 Å². The highest BCUT2D eigenvalue weighted by Gasteiger charge is 2.43. The third-order valence-electron chi connectivity index (χ3n) is 8.25. The first kappa shape index (κ1) is 30.4. The van der Waals surface area contributed by atoms with E-state index in [-0.39, 0.29) is 12.5 Å². The van der Waals surface area contributed by atoms with E-state index >= 15 is 0 Å². The summed E-state index contributed by atoms with van der Waals surface area (Å²) >= 11 is 1.68. The van der Waals surface area contributed by atoms with Crippen LogP contribution in [0.5, 0.6) is 0 Å². The summed E-state index contributed by atoms with van der Waals surface area (Å²) in [5, 5.41) is 13.1. The van der Waals surface area contributed by atoms with Crippen LogP contribution in [0.1, 0.15) is 35.0 Å². The zero-order valence-electron chi connectivity index (χ0n) is 25.1. The molecule has 1 fully saturated rings. The molecule has 8 nitrogen and oxygen atoms in total. The summed E-state index contributed by atoms with van der Waals surface area (Å²) in [4.78, 5) is 20.8. The van der Waals surface area contributed by atoms with Gasteiger partial charge < -0.3 is 24.8 Å². The van der Waals surface area contributed by atoms with Gasteiger partial charge in [-0.15, -0.1) is 11.3 Å². The molecule has 0 saturated carbocycles. The van der Waals surface area contributed by atoms with Crippen LogP contribution in [0.4, 0.5) is 5.69 Å².